The van der Waals surface area contributed by atoms with Gasteiger partial charge in [0.1, 0.15) is 17.8 Å². The van der Waals surface area contributed by atoms with Gasteiger partial charge in [-0.2, -0.15) is 0 Å². The lowest BCUT2D eigenvalue weighted by molar-refractivity contribution is 0.521. The van der Waals surface area contributed by atoms with E-state index in [1.807, 2.05) is 0 Å². The summed E-state index contributed by atoms with van der Waals surface area (Å²) in [6.07, 6.45) is 1.36. The van der Waals surface area contributed by atoms with Crippen molar-refractivity contribution in [1.29, 1.82) is 5.41 Å². The summed E-state index contributed by atoms with van der Waals surface area (Å²) in [6, 6.07) is 0. The zero-order valence-corrected chi connectivity index (χ0v) is 6.23. The Labute approximate surface area is 64.4 Å². The summed E-state index contributed by atoms with van der Waals surface area (Å²) in [5.74, 6) is 0.465. The standard InChI is InChI=1S/C5H7N3O.ClH/c1-3-8-4(2-9-3)5(6)7;/h2H,1H3,(H3,6,7);1H. The minimum atomic E-state index is -0.0631. The van der Waals surface area contributed by atoms with Crippen molar-refractivity contribution < 1.29 is 4.42 Å². The molecule has 10 heavy (non-hydrogen) atoms. The van der Waals surface area contributed by atoms with Crippen LogP contribution >= 0.6 is 12.4 Å². The summed E-state index contributed by atoms with van der Waals surface area (Å²) in [6.45, 7) is 1.70. The van der Waals surface area contributed by atoms with E-state index in [1.54, 1.807) is 6.92 Å². The van der Waals surface area contributed by atoms with Crippen LogP contribution in [0.1, 0.15) is 11.6 Å². The number of oxazole rings is 1. The molecule has 1 aromatic heterocycles. The minimum absolute atomic E-state index is 0. The topological polar surface area (TPSA) is 75.9 Å². The normalized spacial score (nSPS) is 8.50. The van der Waals surface area contributed by atoms with Gasteiger partial charge in [-0.3, -0.25) is 5.41 Å². The van der Waals surface area contributed by atoms with Crippen molar-refractivity contribution in [3.63, 3.8) is 0 Å². The number of nitrogens with two attached hydrogens (primary N) is 1. The second-order valence-electron chi connectivity index (χ2n) is 1.67. The molecule has 0 aliphatic heterocycles. The molecule has 0 aliphatic carbocycles. The van der Waals surface area contributed by atoms with Gasteiger partial charge in [0, 0.05) is 6.92 Å². The van der Waals surface area contributed by atoms with Gasteiger partial charge in [-0.15, -0.1) is 12.4 Å². The smallest absolute Gasteiger partial charge is 0.191 e. The summed E-state index contributed by atoms with van der Waals surface area (Å²) in [4.78, 5) is 3.79. The van der Waals surface area contributed by atoms with Crippen molar-refractivity contribution in [2.24, 2.45) is 5.73 Å². The van der Waals surface area contributed by atoms with Gasteiger partial charge in [0.05, 0.1) is 0 Å². The second-order valence-corrected chi connectivity index (χ2v) is 1.67. The van der Waals surface area contributed by atoms with Gasteiger partial charge in [-0.1, -0.05) is 0 Å². The van der Waals surface area contributed by atoms with E-state index in [1.165, 1.54) is 6.26 Å². The third kappa shape index (κ3) is 1.73. The molecule has 0 aliphatic rings. The Morgan fingerprint density at radius 2 is 2.40 bits per heavy atom. The van der Waals surface area contributed by atoms with Gasteiger partial charge in [-0.25, -0.2) is 4.98 Å². The van der Waals surface area contributed by atoms with Gasteiger partial charge < -0.3 is 10.2 Å². The van der Waals surface area contributed by atoms with Gasteiger partial charge >= 0.3 is 0 Å². The lowest BCUT2D eigenvalue weighted by Gasteiger charge is -1.82. The number of nitrogen functional groups attached to an aromatic ring is 1. The van der Waals surface area contributed by atoms with Crippen LogP contribution in [0.2, 0.25) is 0 Å². The maximum atomic E-state index is 6.90. The van der Waals surface area contributed by atoms with E-state index < -0.39 is 0 Å². The Balaban J connectivity index is 0.000000810. The van der Waals surface area contributed by atoms with Crippen LogP contribution in [-0.2, 0) is 0 Å². The fourth-order valence-corrected chi connectivity index (χ4v) is 0.487. The molecule has 1 heterocycles. The Morgan fingerprint density at radius 1 is 1.80 bits per heavy atom. The first-order valence-corrected chi connectivity index (χ1v) is 2.46. The summed E-state index contributed by atoms with van der Waals surface area (Å²) < 4.78 is 4.79. The molecule has 1 aromatic rings. The van der Waals surface area contributed by atoms with Crippen LogP contribution in [0.15, 0.2) is 10.7 Å². The first-order chi connectivity index (χ1) is 4.20. The van der Waals surface area contributed by atoms with Crippen molar-refractivity contribution in [3.8, 4) is 0 Å². The van der Waals surface area contributed by atoms with Crippen LogP contribution in [0.5, 0.6) is 0 Å². The van der Waals surface area contributed by atoms with Crippen molar-refractivity contribution in [2.45, 2.75) is 6.92 Å². The predicted molar refractivity (Wildman–Crippen MR) is 39.5 cm³/mol. The molecule has 0 saturated heterocycles. The molecule has 0 saturated carbocycles. The highest BCUT2D eigenvalue weighted by Crippen LogP contribution is 1.97. The lowest BCUT2D eigenvalue weighted by atomic mass is 10.5. The first kappa shape index (κ1) is 8.97. The maximum Gasteiger partial charge on any atom is 0.191 e. The van der Waals surface area contributed by atoms with E-state index in [2.05, 4.69) is 4.98 Å². The summed E-state index contributed by atoms with van der Waals surface area (Å²) >= 11 is 0. The van der Waals surface area contributed by atoms with Crippen LogP contribution in [-0.4, -0.2) is 10.8 Å². The number of hydrogen-bond donors (Lipinski definition) is 2. The second kappa shape index (κ2) is 3.22. The molecule has 0 radical (unpaired) electrons. The van der Waals surface area contributed by atoms with Crippen LogP contribution < -0.4 is 5.73 Å². The molecule has 0 atom stereocenters. The Hall–Kier alpha value is -1.03. The molecule has 1 rings (SSSR count). The SMILES string of the molecule is Cc1nc(C(=N)N)co1.Cl. The highest BCUT2D eigenvalue weighted by Gasteiger charge is 1.99. The fraction of sp³-hybridized carbons (Fsp3) is 0.200. The largest absolute Gasteiger partial charge is 0.449 e. The molecule has 56 valence electrons. The molecule has 5 heteroatoms. The fourth-order valence-electron chi connectivity index (χ4n) is 0.487. The molecule has 0 aromatic carbocycles. The minimum Gasteiger partial charge on any atom is -0.449 e. The van der Waals surface area contributed by atoms with Crippen LogP contribution in [0, 0.1) is 12.3 Å². The number of rotatable bonds is 1. The Bertz CT molecular complexity index is 233. The molecule has 4 nitrogen and oxygen atoms in total. The number of amidine groups is 1. The molecule has 0 bridgehead atoms. The zero-order valence-electron chi connectivity index (χ0n) is 5.42. The Morgan fingerprint density at radius 3 is 2.60 bits per heavy atom. The zero-order chi connectivity index (χ0) is 6.85. The van der Waals surface area contributed by atoms with Crippen LogP contribution in [0.25, 0.3) is 0 Å². The number of halogens is 1. The molecule has 0 fully saturated rings. The lowest BCUT2D eigenvalue weighted by Crippen LogP contribution is -2.11. The molecule has 3 N–H and O–H groups in total. The summed E-state index contributed by atoms with van der Waals surface area (Å²) in [7, 11) is 0. The van der Waals surface area contributed by atoms with Gasteiger partial charge in [0.2, 0.25) is 0 Å². The summed E-state index contributed by atoms with van der Waals surface area (Å²) in [5, 5.41) is 6.90. The third-order valence-electron chi connectivity index (χ3n) is 0.895. The quantitative estimate of drug-likeness (QED) is 0.470. The number of hydrogen-bond acceptors (Lipinski definition) is 3. The van der Waals surface area contributed by atoms with Gasteiger partial charge in [0.25, 0.3) is 0 Å². The average molecular weight is 162 g/mol. The van der Waals surface area contributed by atoms with E-state index in [-0.39, 0.29) is 18.2 Å². The average Bonchev–Trinajstić information content (AvgIpc) is 2.14. The van der Waals surface area contributed by atoms with E-state index in [9.17, 15) is 0 Å². The molecular formula is C5H8ClN3O. The number of nitrogens with one attached hydrogen (secondary N) is 1. The van der Waals surface area contributed by atoms with Crippen molar-refractivity contribution in [2.75, 3.05) is 0 Å². The molecule has 0 amide bonds. The van der Waals surface area contributed by atoms with E-state index in [4.69, 9.17) is 15.6 Å². The third-order valence-corrected chi connectivity index (χ3v) is 0.895. The van der Waals surface area contributed by atoms with Crippen molar-refractivity contribution in [1.82, 2.24) is 4.98 Å². The Kier molecular flexibility index (Phi) is 2.89. The first-order valence-electron chi connectivity index (χ1n) is 2.46. The maximum absolute atomic E-state index is 6.90. The number of aryl methyl sites for hydroxylation is 1. The van der Waals surface area contributed by atoms with Crippen LogP contribution in [0.4, 0.5) is 0 Å². The number of nitrogens with zero attached hydrogens (tertiary/aromatic N) is 1. The van der Waals surface area contributed by atoms with Gasteiger partial charge in [0.15, 0.2) is 5.89 Å². The predicted octanol–water partition coefficient (Wildman–Crippen LogP) is 0.689. The molecular weight excluding hydrogens is 154 g/mol. The molecule has 0 unspecified atom stereocenters. The highest BCUT2D eigenvalue weighted by molar-refractivity contribution is 5.92. The summed E-state index contributed by atoms with van der Waals surface area (Å²) in [5.41, 5.74) is 5.48. The van der Waals surface area contributed by atoms with E-state index in [0.29, 0.717) is 11.6 Å². The monoisotopic (exact) mass is 161 g/mol. The van der Waals surface area contributed by atoms with Crippen molar-refractivity contribution in [3.05, 3.63) is 17.8 Å². The van der Waals surface area contributed by atoms with Crippen molar-refractivity contribution >= 4 is 18.2 Å². The highest BCUT2D eigenvalue weighted by atomic mass is 35.5. The number of aromatic nitrogens is 1. The van der Waals surface area contributed by atoms with E-state index >= 15 is 0 Å². The van der Waals surface area contributed by atoms with Gasteiger partial charge in [-0.05, 0) is 0 Å². The molecule has 0 spiro atoms. The van der Waals surface area contributed by atoms with Crippen LogP contribution in [0.3, 0.4) is 0 Å². The van der Waals surface area contributed by atoms with E-state index in [0.717, 1.165) is 0 Å².